The van der Waals surface area contributed by atoms with Gasteiger partial charge >= 0.3 is 0 Å². The van der Waals surface area contributed by atoms with Crippen molar-refractivity contribution in [1.82, 2.24) is 0 Å². The van der Waals surface area contributed by atoms with Crippen molar-refractivity contribution in [3.05, 3.63) is 33.9 Å². The average Bonchev–Trinajstić information content (AvgIpc) is 2.37. The lowest BCUT2D eigenvalue weighted by atomic mass is 10.1. The zero-order chi connectivity index (χ0) is 13.1. The first kappa shape index (κ1) is 12.3. The Kier molecular flexibility index (Phi) is 3.44. The van der Waals surface area contributed by atoms with E-state index in [1.807, 2.05) is 17.9 Å². The molecule has 94 valence electrons. The average molecular weight is 247 g/mol. The van der Waals surface area contributed by atoms with E-state index < -0.39 is 4.92 Å². The molecule has 1 aliphatic heterocycles. The molecule has 0 aromatic heterocycles. The van der Waals surface area contributed by atoms with Crippen molar-refractivity contribution in [2.45, 2.75) is 13.0 Å². The van der Waals surface area contributed by atoms with Crippen LogP contribution in [0.3, 0.4) is 0 Å². The van der Waals surface area contributed by atoms with Gasteiger partial charge in [0.15, 0.2) is 0 Å². The van der Waals surface area contributed by atoms with Crippen LogP contribution in [0.5, 0.6) is 0 Å². The molecule has 1 aliphatic rings. The molecule has 1 unspecified atom stereocenters. The summed E-state index contributed by atoms with van der Waals surface area (Å²) in [4.78, 5) is 12.2. The summed E-state index contributed by atoms with van der Waals surface area (Å²) >= 11 is 0. The monoisotopic (exact) mass is 247 g/mol. The van der Waals surface area contributed by atoms with Gasteiger partial charge in [0.1, 0.15) is 6.07 Å². The number of rotatable bonds is 2. The summed E-state index contributed by atoms with van der Waals surface area (Å²) < 4.78 is 5.43. The summed E-state index contributed by atoms with van der Waals surface area (Å²) in [6, 6.07) is 6.39. The van der Waals surface area contributed by atoms with Crippen molar-refractivity contribution in [2.75, 3.05) is 24.6 Å². The van der Waals surface area contributed by atoms with Gasteiger partial charge in [0, 0.05) is 25.2 Å². The number of morpholine rings is 1. The fraction of sp³-hybridized carbons (Fsp3) is 0.417. The maximum absolute atomic E-state index is 10.7. The predicted octanol–water partition coefficient (Wildman–Crippen LogP) is 1.69. The van der Waals surface area contributed by atoms with Gasteiger partial charge in [-0.05, 0) is 13.0 Å². The number of nitro benzene ring substituents is 1. The minimum absolute atomic E-state index is 0.0587. The largest absolute Gasteiger partial charge is 0.375 e. The number of non-ortho nitro benzene ring substituents is 1. The van der Waals surface area contributed by atoms with Crippen LogP contribution < -0.4 is 4.90 Å². The Morgan fingerprint density at radius 1 is 1.61 bits per heavy atom. The van der Waals surface area contributed by atoms with Crippen molar-refractivity contribution in [3.63, 3.8) is 0 Å². The second-order valence-electron chi connectivity index (χ2n) is 4.20. The summed E-state index contributed by atoms with van der Waals surface area (Å²) in [5.41, 5.74) is 1.01. The van der Waals surface area contributed by atoms with Gasteiger partial charge in [-0.2, -0.15) is 5.26 Å². The maximum Gasteiger partial charge on any atom is 0.270 e. The zero-order valence-electron chi connectivity index (χ0n) is 10.00. The highest BCUT2D eigenvalue weighted by Crippen LogP contribution is 2.26. The SMILES string of the molecule is CC1CN(c2ccc([N+](=O)[O-])cc2C#N)CCO1. The molecule has 1 aromatic carbocycles. The molecule has 2 rings (SSSR count). The minimum atomic E-state index is -0.493. The Bertz CT molecular complexity index is 510. The fourth-order valence-electron chi connectivity index (χ4n) is 2.04. The number of nitrogens with zero attached hydrogens (tertiary/aromatic N) is 3. The van der Waals surface area contributed by atoms with Crippen LogP contribution in [-0.2, 0) is 4.74 Å². The lowest BCUT2D eigenvalue weighted by Crippen LogP contribution is -2.41. The summed E-state index contributed by atoms with van der Waals surface area (Å²) in [6.07, 6.45) is 0.0977. The number of nitro groups is 1. The van der Waals surface area contributed by atoms with E-state index in [9.17, 15) is 10.1 Å². The molecule has 1 heterocycles. The Morgan fingerprint density at radius 3 is 3.00 bits per heavy atom. The maximum atomic E-state index is 10.7. The molecule has 0 bridgehead atoms. The Labute approximate surface area is 105 Å². The van der Waals surface area contributed by atoms with Crippen LogP contribution in [0.25, 0.3) is 0 Å². The summed E-state index contributed by atoms with van der Waals surface area (Å²) in [5.74, 6) is 0. The first-order chi connectivity index (χ1) is 8.61. The van der Waals surface area contributed by atoms with E-state index in [4.69, 9.17) is 10.00 Å². The Hall–Kier alpha value is -2.13. The third-order valence-electron chi connectivity index (χ3n) is 2.89. The number of benzene rings is 1. The van der Waals surface area contributed by atoms with Gasteiger partial charge in [0.2, 0.25) is 0 Å². The number of hydrogen-bond donors (Lipinski definition) is 0. The van der Waals surface area contributed by atoms with Crippen LogP contribution in [0.15, 0.2) is 18.2 Å². The van der Waals surface area contributed by atoms with Crippen molar-refractivity contribution in [2.24, 2.45) is 0 Å². The molecule has 1 fully saturated rings. The van der Waals surface area contributed by atoms with Crippen LogP contribution in [-0.4, -0.2) is 30.7 Å². The molecule has 1 saturated heterocycles. The summed E-state index contributed by atoms with van der Waals surface area (Å²) in [6.45, 7) is 3.94. The van der Waals surface area contributed by atoms with Crippen molar-refractivity contribution in [1.29, 1.82) is 5.26 Å². The van der Waals surface area contributed by atoms with E-state index in [1.54, 1.807) is 6.07 Å². The highest BCUT2D eigenvalue weighted by atomic mass is 16.6. The van der Waals surface area contributed by atoms with Crippen LogP contribution in [0.1, 0.15) is 12.5 Å². The molecule has 0 spiro atoms. The van der Waals surface area contributed by atoms with Crippen LogP contribution >= 0.6 is 0 Å². The predicted molar refractivity (Wildman–Crippen MR) is 65.4 cm³/mol. The molecular formula is C12H13N3O3. The van der Waals surface area contributed by atoms with E-state index in [0.29, 0.717) is 25.3 Å². The van der Waals surface area contributed by atoms with Crippen molar-refractivity contribution in [3.8, 4) is 6.07 Å². The molecular weight excluding hydrogens is 234 g/mol. The topological polar surface area (TPSA) is 79.4 Å². The number of anilines is 1. The van der Waals surface area contributed by atoms with Gasteiger partial charge in [-0.1, -0.05) is 0 Å². The third-order valence-corrected chi connectivity index (χ3v) is 2.89. The van der Waals surface area contributed by atoms with E-state index in [-0.39, 0.29) is 11.8 Å². The van der Waals surface area contributed by atoms with Crippen LogP contribution in [0.2, 0.25) is 0 Å². The second kappa shape index (κ2) is 5.02. The summed E-state index contributed by atoms with van der Waals surface area (Å²) in [7, 11) is 0. The van der Waals surface area contributed by atoms with Gasteiger partial charge in [-0.3, -0.25) is 10.1 Å². The quantitative estimate of drug-likeness (QED) is 0.587. The lowest BCUT2D eigenvalue weighted by Gasteiger charge is -2.33. The number of hydrogen-bond acceptors (Lipinski definition) is 5. The van der Waals surface area contributed by atoms with E-state index >= 15 is 0 Å². The van der Waals surface area contributed by atoms with Crippen LogP contribution in [0.4, 0.5) is 11.4 Å². The Morgan fingerprint density at radius 2 is 2.39 bits per heavy atom. The molecule has 0 aliphatic carbocycles. The highest BCUT2D eigenvalue weighted by molar-refractivity contribution is 5.63. The van der Waals surface area contributed by atoms with Gasteiger partial charge in [-0.15, -0.1) is 0 Å². The second-order valence-corrected chi connectivity index (χ2v) is 4.20. The molecule has 0 saturated carbocycles. The number of ether oxygens (including phenoxy) is 1. The van der Waals surface area contributed by atoms with Gasteiger partial charge in [0.25, 0.3) is 5.69 Å². The normalized spacial score (nSPS) is 19.3. The molecule has 0 amide bonds. The first-order valence-corrected chi connectivity index (χ1v) is 5.67. The van der Waals surface area contributed by atoms with Crippen LogP contribution in [0, 0.1) is 21.4 Å². The zero-order valence-corrected chi connectivity index (χ0v) is 10.00. The van der Waals surface area contributed by atoms with Gasteiger partial charge in [-0.25, -0.2) is 0 Å². The molecule has 1 aromatic rings. The Balaban J connectivity index is 2.33. The summed E-state index contributed by atoms with van der Waals surface area (Å²) in [5, 5.41) is 19.8. The minimum Gasteiger partial charge on any atom is -0.375 e. The molecule has 6 heteroatoms. The van der Waals surface area contributed by atoms with Gasteiger partial charge < -0.3 is 9.64 Å². The molecule has 1 atom stereocenters. The van der Waals surface area contributed by atoms with E-state index in [1.165, 1.54) is 12.1 Å². The van der Waals surface area contributed by atoms with E-state index in [2.05, 4.69) is 0 Å². The third kappa shape index (κ3) is 2.41. The highest BCUT2D eigenvalue weighted by Gasteiger charge is 2.20. The molecule has 0 N–H and O–H groups in total. The van der Waals surface area contributed by atoms with E-state index in [0.717, 1.165) is 5.69 Å². The van der Waals surface area contributed by atoms with Gasteiger partial charge in [0.05, 0.1) is 28.9 Å². The molecule has 18 heavy (non-hydrogen) atoms. The first-order valence-electron chi connectivity index (χ1n) is 5.67. The standard InChI is InChI=1S/C12H13N3O3/c1-9-8-14(4-5-18-9)12-3-2-11(15(16)17)6-10(12)7-13/h2-3,6,9H,4-5,8H2,1H3. The number of nitriles is 1. The lowest BCUT2D eigenvalue weighted by molar-refractivity contribution is -0.384. The van der Waals surface area contributed by atoms with Crippen molar-refractivity contribution >= 4 is 11.4 Å². The fourth-order valence-corrected chi connectivity index (χ4v) is 2.04. The smallest absolute Gasteiger partial charge is 0.270 e. The van der Waals surface area contributed by atoms with Crippen molar-refractivity contribution < 1.29 is 9.66 Å². The molecule has 0 radical (unpaired) electrons. The molecule has 6 nitrogen and oxygen atoms in total.